The minimum Gasteiger partial charge on any atom is -0.489 e. The van der Waals surface area contributed by atoms with Crippen molar-refractivity contribution < 1.29 is 27.8 Å². The fraction of sp³-hybridized carbons (Fsp3) is 0.460. The van der Waals surface area contributed by atoms with Crippen molar-refractivity contribution in [2.45, 2.75) is 85.0 Å². The van der Waals surface area contributed by atoms with E-state index in [4.69, 9.17) is 26.2 Å². The normalized spacial score (nSPS) is 19.5. The van der Waals surface area contributed by atoms with Crippen molar-refractivity contribution in [2.24, 2.45) is 17.9 Å². The average Bonchev–Trinajstić information content (AvgIpc) is 3.91. The van der Waals surface area contributed by atoms with Crippen molar-refractivity contribution in [3.63, 3.8) is 0 Å². The average molecular weight is 947 g/mol. The van der Waals surface area contributed by atoms with Gasteiger partial charge in [-0.2, -0.15) is 15.5 Å². The molecule has 15 nitrogen and oxygen atoms in total. The van der Waals surface area contributed by atoms with Gasteiger partial charge in [0.2, 0.25) is 11.7 Å². The lowest BCUT2D eigenvalue weighted by molar-refractivity contribution is -0.164. The lowest BCUT2D eigenvalue weighted by Crippen LogP contribution is -2.74. The molecule has 1 saturated heterocycles. The van der Waals surface area contributed by atoms with Gasteiger partial charge in [0.1, 0.15) is 24.5 Å². The lowest BCUT2D eigenvalue weighted by Gasteiger charge is -2.63. The van der Waals surface area contributed by atoms with Gasteiger partial charge in [-0.25, -0.2) is 18.7 Å². The summed E-state index contributed by atoms with van der Waals surface area (Å²) in [6.07, 6.45) is 5.66. The van der Waals surface area contributed by atoms with E-state index in [-0.39, 0.29) is 48.0 Å². The van der Waals surface area contributed by atoms with E-state index < -0.39 is 17.3 Å². The Balaban J connectivity index is 0.777. The summed E-state index contributed by atoms with van der Waals surface area (Å²) < 4.78 is 45.3. The van der Waals surface area contributed by atoms with Gasteiger partial charge in [-0.05, 0) is 54.2 Å². The van der Waals surface area contributed by atoms with E-state index >= 15 is 0 Å². The predicted octanol–water partition coefficient (Wildman–Crippen LogP) is 7.06. The molecular formula is C50H54ClF2N11O4. The summed E-state index contributed by atoms with van der Waals surface area (Å²) in [6, 6.07) is 10.5. The maximum absolute atomic E-state index is 14.7. The number of hydrogen-bond donors (Lipinski definition) is 1. The monoisotopic (exact) mass is 945 g/mol. The van der Waals surface area contributed by atoms with Crippen LogP contribution in [0.15, 0.2) is 55.1 Å². The molecule has 68 heavy (non-hydrogen) atoms. The van der Waals surface area contributed by atoms with Gasteiger partial charge in [0.25, 0.3) is 12.3 Å². The van der Waals surface area contributed by atoms with Crippen LogP contribution in [0.1, 0.15) is 97.6 Å². The molecule has 0 bridgehead atoms. The number of ether oxygens (including phenoxy) is 2. The number of anilines is 2. The molecule has 1 aliphatic carbocycles. The molecule has 2 amide bonds. The molecule has 2 aromatic carbocycles. The molecule has 18 heteroatoms. The van der Waals surface area contributed by atoms with Gasteiger partial charge in [0, 0.05) is 123 Å². The van der Waals surface area contributed by atoms with Gasteiger partial charge in [-0.15, -0.1) is 0 Å². The van der Waals surface area contributed by atoms with Crippen LogP contribution in [0.2, 0.25) is 5.02 Å². The first-order valence-electron chi connectivity index (χ1n) is 22.9. The SMILES string of the molecule is CC(=O)N1CCc2c(c(N3CCCc4cc(-c5cnn(C)c5)c(C(F)F)cc43)nn2C2CN(CCOCC#Cc3ncc(C(=O)NC4C(C)(C)C(Oc5ccc(C#N)c(Cl)c5)C4(C)C)cn3)C2)C1. The molecule has 3 aromatic heterocycles. The van der Waals surface area contributed by atoms with Crippen LogP contribution in [0, 0.1) is 34.0 Å². The third kappa shape index (κ3) is 8.91. The topological polar surface area (TPSA) is 160 Å². The van der Waals surface area contributed by atoms with Crippen molar-refractivity contribution in [1.29, 1.82) is 5.26 Å². The van der Waals surface area contributed by atoms with Gasteiger partial charge in [0.15, 0.2) is 5.82 Å². The van der Waals surface area contributed by atoms with E-state index in [0.717, 1.165) is 54.3 Å². The molecule has 2 fully saturated rings. The number of rotatable bonds is 12. The first kappa shape index (κ1) is 46.7. The highest BCUT2D eigenvalue weighted by atomic mass is 35.5. The summed E-state index contributed by atoms with van der Waals surface area (Å²) in [5, 5.41) is 22.1. The van der Waals surface area contributed by atoms with E-state index in [0.29, 0.717) is 72.2 Å². The maximum Gasteiger partial charge on any atom is 0.264 e. The molecule has 1 saturated carbocycles. The van der Waals surface area contributed by atoms with Crippen molar-refractivity contribution in [2.75, 3.05) is 50.8 Å². The largest absolute Gasteiger partial charge is 0.489 e. The number of amides is 2. The Morgan fingerprint density at radius 2 is 1.81 bits per heavy atom. The zero-order valence-corrected chi connectivity index (χ0v) is 39.8. The highest BCUT2D eigenvalue weighted by molar-refractivity contribution is 6.31. The number of nitrogens with zero attached hydrogens (tertiary/aromatic N) is 10. The minimum absolute atomic E-state index is 0.00635. The number of fused-ring (bicyclic) bond motifs is 2. The Labute approximate surface area is 399 Å². The highest BCUT2D eigenvalue weighted by Gasteiger charge is 2.64. The van der Waals surface area contributed by atoms with E-state index in [1.807, 2.05) is 38.7 Å². The van der Waals surface area contributed by atoms with E-state index in [1.165, 1.54) is 12.4 Å². The number of likely N-dealkylation sites (tertiary alicyclic amines) is 1. The van der Waals surface area contributed by atoms with E-state index in [1.54, 1.807) is 55.3 Å². The number of nitrogens with one attached hydrogen (secondary N) is 1. The number of carbonyl (C=O) groups excluding carboxylic acids is 2. The number of alkyl halides is 2. The molecule has 0 unspecified atom stereocenters. The van der Waals surface area contributed by atoms with E-state index in [9.17, 15) is 23.6 Å². The standard InChI is InChI=1S/C50H54ClF2N11O4/c1-30(65)62-15-13-41-39(29-62)45(63-14-7-9-31-19-37(34-25-57-60(6)26-34)38(44(52)53)21-42(31)63)59-64(41)35-27-61(28-35)16-18-67-17-8-10-43-55-23-33(24-56-43)46(66)58-47-49(2,3)48(50(47,4)5)68-36-12-11-32(22-54)40(51)20-36/h11-12,19-21,23-26,35,44,47-48H,7,9,13-18,27-29H2,1-6H3,(H,58,66). The van der Waals surface area contributed by atoms with Crippen LogP contribution in [0.25, 0.3) is 11.1 Å². The Morgan fingerprint density at radius 3 is 2.49 bits per heavy atom. The number of halogens is 3. The van der Waals surface area contributed by atoms with Crippen LogP contribution < -0.4 is 15.0 Å². The number of carbonyl (C=O) groups is 2. The minimum atomic E-state index is -2.68. The van der Waals surface area contributed by atoms with Crippen molar-refractivity contribution in [3.8, 4) is 34.8 Å². The molecule has 5 aromatic rings. The van der Waals surface area contributed by atoms with Crippen molar-refractivity contribution >= 4 is 34.9 Å². The predicted molar refractivity (Wildman–Crippen MR) is 251 cm³/mol. The number of aryl methyl sites for hydroxylation is 2. The van der Waals surface area contributed by atoms with Crippen LogP contribution >= 0.6 is 11.6 Å². The molecule has 354 valence electrons. The molecule has 1 N–H and O–H groups in total. The zero-order valence-electron chi connectivity index (χ0n) is 39.0. The quantitative estimate of drug-likeness (QED) is 0.101. The molecule has 0 atom stereocenters. The second-order valence-electron chi connectivity index (χ2n) is 19.3. The summed E-state index contributed by atoms with van der Waals surface area (Å²) in [7, 11) is 1.77. The zero-order chi connectivity index (χ0) is 48.1. The molecule has 9 rings (SSSR count). The molecule has 0 radical (unpaired) electrons. The summed E-state index contributed by atoms with van der Waals surface area (Å²) in [4.78, 5) is 40.7. The van der Waals surface area contributed by atoms with E-state index in [2.05, 4.69) is 52.8 Å². The number of benzene rings is 2. The second-order valence-corrected chi connectivity index (χ2v) is 19.7. The summed E-state index contributed by atoms with van der Waals surface area (Å²) >= 11 is 6.24. The fourth-order valence-electron chi connectivity index (χ4n) is 10.7. The first-order valence-corrected chi connectivity index (χ1v) is 23.3. The number of nitriles is 1. The molecule has 4 aliphatic rings. The van der Waals surface area contributed by atoms with Crippen LogP contribution in [0.4, 0.5) is 20.3 Å². The maximum atomic E-state index is 14.7. The van der Waals surface area contributed by atoms with Gasteiger partial charge in [0.05, 0.1) is 41.5 Å². The van der Waals surface area contributed by atoms with Crippen LogP contribution in [0.5, 0.6) is 5.75 Å². The van der Waals surface area contributed by atoms with Gasteiger partial charge >= 0.3 is 0 Å². The third-order valence-electron chi connectivity index (χ3n) is 13.9. The number of aromatic nitrogens is 6. The summed E-state index contributed by atoms with van der Waals surface area (Å²) in [5.74, 6) is 7.15. The highest BCUT2D eigenvalue weighted by Crippen LogP contribution is 2.56. The molecule has 0 spiro atoms. The molecular weight excluding hydrogens is 892 g/mol. The van der Waals surface area contributed by atoms with Crippen molar-refractivity contribution in [1.82, 2.24) is 44.6 Å². The van der Waals surface area contributed by atoms with Gasteiger partial charge in [-0.1, -0.05) is 45.2 Å². The van der Waals surface area contributed by atoms with Gasteiger partial charge in [-0.3, -0.25) is 23.9 Å². The fourth-order valence-corrected chi connectivity index (χ4v) is 10.9. The third-order valence-corrected chi connectivity index (χ3v) is 14.3. The van der Waals surface area contributed by atoms with Crippen LogP contribution in [-0.2, 0) is 36.0 Å². The summed E-state index contributed by atoms with van der Waals surface area (Å²) in [6.45, 7) is 14.3. The Hall–Kier alpha value is -6.40. The van der Waals surface area contributed by atoms with Gasteiger partial charge < -0.3 is 24.6 Å². The molecule has 6 heterocycles. The summed E-state index contributed by atoms with van der Waals surface area (Å²) in [5.41, 5.74) is 4.76. The van der Waals surface area contributed by atoms with Crippen molar-refractivity contribution in [3.05, 3.63) is 99.5 Å². The lowest BCUT2D eigenvalue weighted by atomic mass is 9.49. The smallest absolute Gasteiger partial charge is 0.264 e. The first-order chi connectivity index (χ1) is 32.5. The number of hydrogen-bond acceptors (Lipinski definition) is 11. The van der Waals surface area contributed by atoms with Crippen LogP contribution in [0.3, 0.4) is 0 Å². The Kier molecular flexibility index (Phi) is 12.8. The molecule has 3 aliphatic heterocycles. The second kappa shape index (κ2) is 18.6. The Bertz CT molecular complexity index is 2840. The van der Waals surface area contributed by atoms with Crippen LogP contribution in [-0.4, -0.2) is 109 Å². The Morgan fingerprint density at radius 1 is 1.04 bits per heavy atom.